The molecule has 1 aliphatic heterocycles. The molecular weight excluding hydrogens is 301 g/mol. The number of hydrogen-bond donors (Lipinski definition) is 1. The topological polar surface area (TPSA) is 71.1 Å². The van der Waals surface area contributed by atoms with Crippen molar-refractivity contribution in [3.05, 3.63) is 24.0 Å². The maximum absolute atomic E-state index is 12.5. The van der Waals surface area contributed by atoms with Crippen LogP contribution in [-0.4, -0.2) is 58.0 Å². The number of nitrogens with one attached hydrogen (secondary N) is 1. The minimum absolute atomic E-state index is 0.0833. The number of ether oxygens (including phenoxy) is 1. The molecule has 9 heteroatoms. The molecule has 118 valence electrons. The number of H-pyrrole nitrogens is 1. The van der Waals surface area contributed by atoms with Gasteiger partial charge in [-0.15, -0.1) is 0 Å². The van der Waals surface area contributed by atoms with Crippen LogP contribution in [0.4, 0.5) is 13.2 Å². The summed E-state index contributed by atoms with van der Waals surface area (Å²) in [4.78, 5) is 17.9. The monoisotopic (exact) mass is 314 g/mol. The van der Waals surface area contributed by atoms with E-state index in [9.17, 15) is 18.0 Å². The second kappa shape index (κ2) is 5.56. The highest BCUT2D eigenvalue weighted by atomic mass is 19.4. The van der Waals surface area contributed by atoms with Crippen molar-refractivity contribution in [2.24, 2.45) is 0 Å². The first-order valence-electron chi connectivity index (χ1n) is 6.70. The van der Waals surface area contributed by atoms with Crippen molar-refractivity contribution in [1.29, 1.82) is 0 Å². The number of carbonyl (C=O) groups excluding carboxylic acids is 1. The normalized spacial score (nSPS) is 19.6. The molecular formula is C13H13F3N4O2. The summed E-state index contributed by atoms with van der Waals surface area (Å²) in [6.45, 7) is 0.265. The zero-order chi connectivity index (χ0) is 15.7. The zero-order valence-corrected chi connectivity index (χ0v) is 11.4. The lowest BCUT2D eigenvalue weighted by atomic mass is 10.1. The van der Waals surface area contributed by atoms with Gasteiger partial charge in [0.05, 0.1) is 36.3 Å². The third-order valence-electron chi connectivity index (χ3n) is 3.47. The van der Waals surface area contributed by atoms with Gasteiger partial charge in [0.1, 0.15) is 0 Å². The number of carbonyl (C=O) groups is 1. The van der Waals surface area contributed by atoms with Gasteiger partial charge in [-0.05, 0) is 6.07 Å². The van der Waals surface area contributed by atoms with Crippen molar-refractivity contribution in [2.45, 2.75) is 18.7 Å². The molecule has 1 unspecified atom stereocenters. The van der Waals surface area contributed by atoms with Gasteiger partial charge in [0.25, 0.3) is 5.91 Å². The number of halogens is 3. The molecule has 1 atom stereocenters. The summed E-state index contributed by atoms with van der Waals surface area (Å²) in [6.07, 6.45) is -3.47. The molecule has 3 heterocycles. The Morgan fingerprint density at radius 2 is 2.32 bits per heavy atom. The molecule has 0 aromatic carbocycles. The Bertz CT molecular complexity index is 685. The molecule has 1 saturated heterocycles. The fraction of sp³-hybridized carbons (Fsp3) is 0.462. The van der Waals surface area contributed by atoms with E-state index in [0.717, 1.165) is 0 Å². The Hall–Kier alpha value is -2.16. The number of fused-ring (bicyclic) bond motifs is 1. The lowest BCUT2D eigenvalue weighted by molar-refractivity contribution is -0.168. The maximum atomic E-state index is 12.5. The van der Waals surface area contributed by atoms with Gasteiger partial charge in [-0.1, -0.05) is 0 Å². The second-order valence-electron chi connectivity index (χ2n) is 5.05. The Morgan fingerprint density at radius 3 is 3.09 bits per heavy atom. The van der Waals surface area contributed by atoms with Crippen molar-refractivity contribution in [1.82, 2.24) is 20.1 Å². The second-order valence-corrected chi connectivity index (χ2v) is 5.05. The summed E-state index contributed by atoms with van der Waals surface area (Å²) >= 11 is 0. The molecule has 22 heavy (non-hydrogen) atoms. The molecule has 2 aromatic heterocycles. The first-order valence-corrected chi connectivity index (χ1v) is 6.70. The molecule has 1 N–H and O–H groups in total. The fourth-order valence-corrected chi connectivity index (χ4v) is 2.49. The van der Waals surface area contributed by atoms with E-state index in [1.54, 1.807) is 0 Å². The van der Waals surface area contributed by atoms with Gasteiger partial charge in [0.2, 0.25) is 0 Å². The van der Waals surface area contributed by atoms with Crippen LogP contribution in [0.2, 0.25) is 0 Å². The molecule has 0 radical (unpaired) electrons. The SMILES string of the molecule is O=C(c1ccnc2[nH]ncc12)N1CCOC(CC(F)(F)F)C1. The molecule has 0 saturated carbocycles. The zero-order valence-electron chi connectivity index (χ0n) is 11.4. The smallest absolute Gasteiger partial charge is 0.374 e. The molecule has 1 fully saturated rings. The third kappa shape index (κ3) is 3.03. The van der Waals surface area contributed by atoms with Gasteiger partial charge >= 0.3 is 6.18 Å². The van der Waals surface area contributed by atoms with Crippen LogP contribution in [-0.2, 0) is 4.74 Å². The summed E-state index contributed by atoms with van der Waals surface area (Å²) in [5.41, 5.74) is 0.831. The Kier molecular flexibility index (Phi) is 3.73. The largest absolute Gasteiger partial charge is 0.391 e. The number of morpholine rings is 1. The molecule has 2 aromatic rings. The first-order chi connectivity index (χ1) is 10.4. The van der Waals surface area contributed by atoms with Crippen LogP contribution >= 0.6 is 0 Å². The molecule has 3 rings (SSSR count). The van der Waals surface area contributed by atoms with Crippen molar-refractivity contribution in [2.75, 3.05) is 19.7 Å². The van der Waals surface area contributed by atoms with Gasteiger partial charge in [0, 0.05) is 19.3 Å². The number of amides is 1. The first kappa shape index (κ1) is 14.8. The van der Waals surface area contributed by atoms with Gasteiger partial charge in [0.15, 0.2) is 5.65 Å². The fourth-order valence-electron chi connectivity index (χ4n) is 2.49. The number of aromatic amines is 1. The highest BCUT2D eigenvalue weighted by molar-refractivity contribution is 6.05. The number of pyridine rings is 1. The molecule has 1 aliphatic rings. The van der Waals surface area contributed by atoms with Crippen molar-refractivity contribution < 1.29 is 22.7 Å². The van der Waals surface area contributed by atoms with Crippen LogP contribution in [0.3, 0.4) is 0 Å². The van der Waals surface area contributed by atoms with Crippen LogP contribution in [0, 0.1) is 0 Å². The van der Waals surface area contributed by atoms with E-state index in [4.69, 9.17) is 4.74 Å². The average Bonchev–Trinajstić information content (AvgIpc) is 2.93. The Balaban J connectivity index is 1.78. The van der Waals surface area contributed by atoms with E-state index < -0.39 is 18.7 Å². The number of alkyl halides is 3. The molecule has 6 nitrogen and oxygen atoms in total. The average molecular weight is 314 g/mol. The van der Waals surface area contributed by atoms with Crippen LogP contribution < -0.4 is 0 Å². The molecule has 0 spiro atoms. The van der Waals surface area contributed by atoms with E-state index in [1.165, 1.54) is 23.4 Å². The third-order valence-corrected chi connectivity index (χ3v) is 3.47. The lowest BCUT2D eigenvalue weighted by Crippen LogP contribution is -2.47. The predicted octanol–water partition coefficient (Wildman–Crippen LogP) is 1.75. The number of nitrogens with zero attached hydrogens (tertiary/aromatic N) is 3. The Morgan fingerprint density at radius 1 is 1.50 bits per heavy atom. The number of aromatic nitrogens is 3. The van der Waals surface area contributed by atoms with Crippen LogP contribution in [0.15, 0.2) is 18.5 Å². The summed E-state index contributed by atoms with van der Waals surface area (Å²) in [6, 6.07) is 1.54. The molecule has 1 amide bonds. The van der Waals surface area contributed by atoms with Crippen LogP contribution in [0.1, 0.15) is 16.8 Å². The number of hydrogen-bond acceptors (Lipinski definition) is 4. The van der Waals surface area contributed by atoms with Crippen molar-refractivity contribution in [3.63, 3.8) is 0 Å². The lowest BCUT2D eigenvalue weighted by Gasteiger charge is -2.33. The van der Waals surface area contributed by atoms with Gasteiger partial charge < -0.3 is 9.64 Å². The van der Waals surface area contributed by atoms with E-state index in [-0.39, 0.29) is 25.6 Å². The summed E-state index contributed by atoms with van der Waals surface area (Å²) in [5, 5.41) is 7.02. The van der Waals surface area contributed by atoms with Crippen molar-refractivity contribution >= 4 is 16.9 Å². The Labute approximate surface area is 123 Å². The maximum Gasteiger partial charge on any atom is 0.391 e. The summed E-state index contributed by atoms with van der Waals surface area (Å²) in [7, 11) is 0. The number of rotatable bonds is 2. The summed E-state index contributed by atoms with van der Waals surface area (Å²) in [5.74, 6) is -0.343. The van der Waals surface area contributed by atoms with E-state index in [2.05, 4.69) is 15.2 Å². The summed E-state index contributed by atoms with van der Waals surface area (Å²) < 4.78 is 42.5. The predicted molar refractivity (Wildman–Crippen MR) is 70.2 cm³/mol. The van der Waals surface area contributed by atoms with E-state index >= 15 is 0 Å². The van der Waals surface area contributed by atoms with Crippen LogP contribution in [0.25, 0.3) is 11.0 Å². The highest BCUT2D eigenvalue weighted by Gasteiger charge is 2.36. The molecule has 0 bridgehead atoms. The van der Waals surface area contributed by atoms with Crippen molar-refractivity contribution in [3.8, 4) is 0 Å². The quantitative estimate of drug-likeness (QED) is 0.917. The van der Waals surface area contributed by atoms with Gasteiger partial charge in [-0.3, -0.25) is 9.89 Å². The van der Waals surface area contributed by atoms with Gasteiger partial charge in [-0.25, -0.2) is 4.98 Å². The minimum atomic E-state index is -4.31. The van der Waals surface area contributed by atoms with E-state index in [0.29, 0.717) is 16.6 Å². The standard InChI is InChI=1S/C13H13F3N4O2/c14-13(15,16)5-8-7-20(3-4-22-8)12(21)9-1-2-17-11-10(9)6-18-19-11/h1-2,6,8H,3-5,7H2,(H,17,18,19). The minimum Gasteiger partial charge on any atom is -0.374 e. The highest BCUT2D eigenvalue weighted by Crippen LogP contribution is 2.25. The molecule has 0 aliphatic carbocycles. The van der Waals surface area contributed by atoms with Gasteiger partial charge in [-0.2, -0.15) is 18.3 Å². The van der Waals surface area contributed by atoms with E-state index in [1.807, 2.05) is 0 Å². The van der Waals surface area contributed by atoms with Crippen LogP contribution in [0.5, 0.6) is 0 Å².